The lowest BCUT2D eigenvalue weighted by molar-refractivity contribution is 0.262. The second-order valence-electron chi connectivity index (χ2n) is 7.12. The molecular formula is C20H19F2N3O3S. The van der Waals surface area contributed by atoms with Crippen molar-refractivity contribution in [1.82, 2.24) is 13.9 Å². The van der Waals surface area contributed by atoms with Gasteiger partial charge in [0.1, 0.15) is 11.6 Å². The Morgan fingerprint density at radius 3 is 2.76 bits per heavy atom. The normalized spacial score (nSPS) is 18.2. The van der Waals surface area contributed by atoms with Gasteiger partial charge in [0.25, 0.3) is 5.56 Å². The van der Waals surface area contributed by atoms with Crippen molar-refractivity contribution in [1.29, 1.82) is 0 Å². The predicted molar refractivity (Wildman–Crippen MR) is 105 cm³/mol. The number of benzene rings is 2. The van der Waals surface area contributed by atoms with Crippen LogP contribution in [0, 0.1) is 11.6 Å². The van der Waals surface area contributed by atoms with Crippen LogP contribution in [-0.2, 0) is 15.8 Å². The number of aromatic nitrogens is 2. The van der Waals surface area contributed by atoms with Gasteiger partial charge >= 0.3 is 0 Å². The number of halogens is 2. The van der Waals surface area contributed by atoms with Crippen LogP contribution in [0.5, 0.6) is 0 Å². The van der Waals surface area contributed by atoms with E-state index in [-0.39, 0.29) is 30.3 Å². The number of para-hydroxylation sites is 1. The Morgan fingerprint density at radius 1 is 1.14 bits per heavy atom. The van der Waals surface area contributed by atoms with Gasteiger partial charge in [-0.05, 0) is 43.2 Å². The van der Waals surface area contributed by atoms with Gasteiger partial charge in [-0.25, -0.2) is 22.2 Å². The Hall–Kier alpha value is -2.65. The minimum Gasteiger partial charge on any atom is -0.294 e. The number of rotatable bonds is 4. The van der Waals surface area contributed by atoms with Gasteiger partial charge in [0.2, 0.25) is 10.0 Å². The van der Waals surface area contributed by atoms with Gasteiger partial charge in [-0.1, -0.05) is 12.1 Å². The summed E-state index contributed by atoms with van der Waals surface area (Å²) in [5.74, 6) is -2.09. The van der Waals surface area contributed by atoms with Crippen LogP contribution < -0.4 is 5.56 Å². The molecular weight excluding hydrogens is 400 g/mol. The standard InChI is InChI=1S/C20H19F2N3O3S/c21-15-7-8-18(22)14(10-15)12-29(27,28)24-9-3-4-16(11-24)25-13-23-19-6-2-1-5-17(19)20(25)26/h1-2,5-8,10,13,16H,3-4,9,11-12H2. The Labute approximate surface area is 166 Å². The third-order valence-corrected chi connectivity index (χ3v) is 6.98. The minimum absolute atomic E-state index is 0.0825. The van der Waals surface area contributed by atoms with E-state index in [9.17, 15) is 22.0 Å². The Bertz CT molecular complexity index is 1230. The monoisotopic (exact) mass is 419 g/mol. The summed E-state index contributed by atoms with van der Waals surface area (Å²) >= 11 is 0. The van der Waals surface area contributed by atoms with Gasteiger partial charge in [0.15, 0.2) is 0 Å². The highest BCUT2D eigenvalue weighted by Crippen LogP contribution is 2.25. The molecule has 4 rings (SSSR count). The highest BCUT2D eigenvalue weighted by molar-refractivity contribution is 7.88. The van der Waals surface area contributed by atoms with Gasteiger partial charge in [0, 0.05) is 18.7 Å². The fourth-order valence-electron chi connectivity index (χ4n) is 3.69. The molecule has 3 aromatic rings. The van der Waals surface area contributed by atoms with E-state index in [1.807, 2.05) is 0 Å². The molecule has 1 aromatic heterocycles. The molecule has 9 heteroatoms. The van der Waals surface area contributed by atoms with Gasteiger partial charge in [-0.3, -0.25) is 9.36 Å². The molecule has 1 unspecified atom stereocenters. The molecule has 0 radical (unpaired) electrons. The predicted octanol–water partition coefficient (Wildman–Crippen LogP) is 2.84. The fourth-order valence-corrected chi connectivity index (χ4v) is 5.29. The number of piperidine rings is 1. The maximum atomic E-state index is 13.9. The van der Waals surface area contributed by atoms with E-state index in [4.69, 9.17) is 0 Å². The van der Waals surface area contributed by atoms with E-state index >= 15 is 0 Å². The largest absolute Gasteiger partial charge is 0.294 e. The maximum Gasteiger partial charge on any atom is 0.261 e. The molecule has 0 saturated carbocycles. The van der Waals surface area contributed by atoms with Gasteiger partial charge < -0.3 is 0 Å². The minimum atomic E-state index is -3.88. The summed E-state index contributed by atoms with van der Waals surface area (Å²) in [7, 11) is -3.88. The lowest BCUT2D eigenvalue weighted by Crippen LogP contribution is -2.43. The Kier molecular flexibility index (Phi) is 5.18. The molecule has 1 saturated heterocycles. The zero-order valence-electron chi connectivity index (χ0n) is 15.5. The SMILES string of the molecule is O=c1c2ccccc2ncn1C1CCCN(S(=O)(=O)Cc2cc(F)ccc2F)C1. The molecule has 152 valence electrons. The van der Waals surface area contributed by atoms with Crippen LogP contribution in [0.15, 0.2) is 53.6 Å². The summed E-state index contributed by atoms with van der Waals surface area (Å²) in [6.45, 7) is 0.352. The van der Waals surface area contributed by atoms with Crippen LogP contribution in [0.3, 0.4) is 0 Å². The van der Waals surface area contributed by atoms with Gasteiger partial charge in [-0.2, -0.15) is 4.31 Å². The fraction of sp³-hybridized carbons (Fsp3) is 0.300. The first-order valence-corrected chi connectivity index (χ1v) is 10.8. The molecule has 2 aromatic carbocycles. The number of hydrogen-bond donors (Lipinski definition) is 0. The summed E-state index contributed by atoms with van der Waals surface area (Å²) in [6.07, 6.45) is 2.62. The third kappa shape index (κ3) is 3.92. The molecule has 0 amide bonds. The molecule has 1 aliphatic heterocycles. The topological polar surface area (TPSA) is 72.3 Å². The summed E-state index contributed by atoms with van der Waals surface area (Å²) in [6, 6.07) is 9.35. The van der Waals surface area contributed by atoms with Gasteiger partial charge in [0.05, 0.1) is 29.0 Å². The molecule has 0 aliphatic carbocycles. The summed E-state index contributed by atoms with van der Waals surface area (Å²) < 4.78 is 55.7. The van der Waals surface area contributed by atoms with Crippen LogP contribution in [-0.4, -0.2) is 35.4 Å². The van der Waals surface area contributed by atoms with Crippen LogP contribution in [0.4, 0.5) is 8.78 Å². The van der Waals surface area contributed by atoms with Crippen molar-refractivity contribution in [2.24, 2.45) is 0 Å². The first-order valence-electron chi connectivity index (χ1n) is 9.23. The molecule has 1 fully saturated rings. The average Bonchev–Trinajstić information content (AvgIpc) is 2.71. The lowest BCUT2D eigenvalue weighted by atomic mass is 10.1. The molecule has 1 aliphatic rings. The summed E-state index contributed by atoms with van der Waals surface area (Å²) in [4.78, 5) is 17.1. The molecule has 0 bridgehead atoms. The molecule has 0 spiro atoms. The van der Waals surface area contributed by atoms with Crippen molar-refractivity contribution in [3.8, 4) is 0 Å². The average molecular weight is 419 g/mol. The quantitative estimate of drug-likeness (QED) is 0.652. The molecule has 29 heavy (non-hydrogen) atoms. The molecule has 1 atom stereocenters. The van der Waals surface area contributed by atoms with Crippen molar-refractivity contribution in [2.45, 2.75) is 24.6 Å². The van der Waals surface area contributed by atoms with Crippen molar-refractivity contribution < 1.29 is 17.2 Å². The van der Waals surface area contributed by atoms with E-state index < -0.39 is 27.4 Å². The number of nitrogens with zero attached hydrogens (tertiary/aromatic N) is 3. The van der Waals surface area contributed by atoms with Gasteiger partial charge in [-0.15, -0.1) is 0 Å². The van der Waals surface area contributed by atoms with Crippen LogP contribution >= 0.6 is 0 Å². The van der Waals surface area contributed by atoms with E-state index in [1.54, 1.807) is 24.3 Å². The number of sulfonamides is 1. The number of hydrogen-bond acceptors (Lipinski definition) is 4. The van der Waals surface area contributed by atoms with Crippen molar-refractivity contribution >= 4 is 20.9 Å². The first kappa shape index (κ1) is 19.7. The van der Waals surface area contributed by atoms with E-state index in [2.05, 4.69) is 4.98 Å². The van der Waals surface area contributed by atoms with E-state index in [0.29, 0.717) is 23.7 Å². The van der Waals surface area contributed by atoms with Crippen LogP contribution in [0.1, 0.15) is 24.4 Å². The van der Waals surface area contributed by atoms with E-state index in [0.717, 1.165) is 18.2 Å². The first-order chi connectivity index (χ1) is 13.8. The third-order valence-electron chi connectivity index (χ3n) is 5.18. The smallest absolute Gasteiger partial charge is 0.261 e. The molecule has 6 nitrogen and oxygen atoms in total. The van der Waals surface area contributed by atoms with Crippen molar-refractivity contribution in [3.63, 3.8) is 0 Å². The zero-order chi connectivity index (χ0) is 20.6. The highest BCUT2D eigenvalue weighted by atomic mass is 32.2. The lowest BCUT2D eigenvalue weighted by Gasteiger charge is -2.32. The molecule has 0 N–H and O–H groups in total. The van der Waals surface area contributed by atoms with E-state index in [1.165, 1.54) is 15.2 Å². The maximum absolute atomic E-state index is 13.9. The van der Waals surface area contributed by atoms with Crippen LogP contribution in [0.2, 0.25) is 0 Å². The zero-order valence-corrected chi connectivity index (χ0v) is 16.3. The summed E-state index contributed by atoms with van der Waals surface area (Å²) in [5, 5.41) is 0.469. The second-order valence-corrected chi connectivity index (χ2v) is 9.09. The van der Waals surface area contributed by atoms with Crippen molar-refractivity contribution in [3.05, 3.63) is 76.3 Å². The Morgan fingerprint density at radius 2 is 1.93 bits per heavy atom. The Balaban J connectivity index is 1.60. The highest BCUT2D eigenvalue weighted by Gasteiger charge is 2.31. The second kappa shape index (κ2) is 7.64. The molecule has 2 heterocycles. The number of fused-ring (bicyclic) bond motifs is 1. The van der Waals surface area contributed by atoms with Crippen molar-refractivity contribution in [2.75, 3.05) is 13.1 Å². The van der Waals surface area contributed by atoms with Crippen LogP contribution in [0.25, 0.3) is 10.9 Å². The summed E-state index contributed by atoms with van der Waals surface area (Å²) in [5.41, 5.74) is 0.142.